The van der Waals surface area contributed by atoms with Crippen LogP contribution in [0.5, 0.6) is 0 Å². The van der Waals surface area contributed by atoms with Gasteiger partial charge in [-0.05, 0) is 45.9 Å². The number of alkyl halides is 1. The van der Waals surface area contributed by atoms with Crippen LogP contribution in [0.2, 0.25) is 0 Å². The molecule has 3 rings (SSSR count). The fourth-order valence-corrected chi connectivity index (χ4v) is 5.63. The van der Waals surface area contributed by atoms with Crippen LogP contribution in [0.15, 0.2) is 48.5 Å². The maximum atomic E-state index is 12.2. The van der Waals surface area contributed by atoms with Crippen molar-refractivity contribution < 1.29 is 42.7 Å². The number of fused-ring (bicyclic) bond motifs is 3. The monoisotopic (exact) mass is 771 g/mol. The minimum Gasteiger partial charge on any atom is -0.449 e. The lowest BCUT2D eigenvalue weighted by atomic mass is 9.98. The third kappa shape index (κ3) is 17.4. The van der Waals surface area contributed by atoms with Gasteiger partial charge in [0, 0.05) is 25.7 Å². The number of unbranched alkanes of at least 4 members (excludes halogenated alkanes) is 3. The van der Waals surface area contributed by atoms with E-state index < -0.39 is 6.09 Å². The third-order valence-electron chi connectivity index (χ3n) is 7.48. The van der Waals surface area contributed by atoms with E-state index in [9.17, 15) is 4.79 Å². The summed E-state index contributed by atoms with van der Waals surface area (Å²) < 4.78 is 45.5. The highest BCUT2D eigenvalue weighted by Crippen LogP contribution is 2.44. The molecule has 0 spiro atoms. The molecule has 0 aliphatic heterocycles. The number of halogens is 1. The first-order valence-electron chi connectivity index (χ1n) is 17.0. The Bertz CT molecular complexity index is 1030. The fraction of sp³-hybridized carbons (Fsp3) is 0.639. The van der Waals surface area contributed by atoms with Crippen LogP contribution >= 0.6 is 22.6 Å². The molecule has 0 heterocycles. The Morgan fingerprint density at radius 2 is 0.936 bits per heavy atom. The Morgan fingerprint density at radius 3 is 1.40 bits per heavy atom. The second kappa shape index (κ2) is 27.0. The van der Waals surface area contributed by atoms with Gasteiger partial charge in [0.15, 0.2) is 0 Å². The Hall–Kier alpha value is -1.84. The van der Waals surface area contributed by atoms with E-state index in [0.717, 1.165) is 13.0 Å². The number of nitrogens with one attached hydrogen (secondary N) is 1. The summed E-state index contributed by atoms with van der Waals surface area (Å²) >= 11 is 2.42. The zero-order chi connectivity index (χ0) is 33.0. The van der Waals surface area contributed by atoms with Gasteiger partial charge in [0.05, 0.1) is 79.3 Å². The van der Waals surface area contributed by atoms with Crippen LogP contribution in [-0.2, 0) is 37.9 Å². The Balaban J connectivity index is 0.994. The van der Waals surface area contributed by atoms with Gasteiger partial charge in [0.2, 0.25) is 0 Å². The number of rotatable bonds is 30. The molecule has 1 aliphatic rings. The maximum Gasteiger partial charge on any atom is 0.407 e. The molecular weight excluding hydrogens is 717 g/mol. The largest absolute Gasteiger partial charge is 0.449 e. The van der Waals surface area contributed by atoms with Crippen molar-refractivity contribution in [2.75, 3.05) is 110 Å². The van der Waals surface area contributed by atoms with Crippen molar-refractivity contribution >= 4 is 28.7 Å². The smallest absolute Gasteiger partial charge is 0.407 e. The van der Waals surface area contributed by atoms with Crippen molar-refractivity contribution in [1.29, 1.82) is 0 Å². The van der Waals surface area contributed by atoms with E-state index in [-0.39, 0.29) is 5.92 Å². The second-order valence-corrected chi connectivity index (χ2v) is 12.1. The van der Waals surface area contributed by atoms with Crippen LogP contribution in [0.3, 0.4) is 0 Å². The summed E-state index contributed by atoms with van der Waals surface area (Å²) in [5.41, 5.74) is 4.83. The molecule has 2 aromatic carbocycles. The van der Waals surface area contributed by atoms with Gasteiger partial charge in [-0.2, -0.15) is 0 Å². The predicted octanol–water partition coefficient (Wildman–Crippen LogP) is 6.03. The van der Waals surface area contributed by atoms with Gasteiger partial charge in [-0.15, -0.1) is 0 Å². The first-order chi connectivity index (χ1) is 23.3. The number of carbonyl (C=O) groups is 1. The first kappa shape index (κ1) is 39.6. The molecule has 1 amide bonds. The van der Waals surface area contributed by atoms with E-state index >= 15 is 0 Å². The summed E-state index contributed by atoms with van der Waals surface area (Å²) in [6, 6.07) is 16.6. The molecule has 0 bridgehead atoms. The van der Waals surface area contributed by atoms with E-state index in [1.807, 2.05) is 24.3 Å². The van der Waals surface area contributed by atoms with Gasteiger partial charge in [-0.1, -0.05) is 84.0 Å². The van der Waals surface area contributed by atoms with Crippen molar-refractivity contribution in [3.63, 3.8) is 0 Å². The summed E-state index contributed by atoms with van der Waals surface area (Å²) in [5, 5.41) is 2.81. The van der Waals surface area contributed by atoms with E-state index in [1.54, 1.807) is 0 Å². The van der Waals surface area contributed by atoms with Crippen molar-refractivity contribution in [3.8, 4) is 11.1 Å². The lowest BCUT2D eigenvalue weighted by Gasteiger charge is -2.14. The van der Waals surface area contributed by atoms with E-state index in [0.29, 0.717) is 105 Å². The molecular formula is C36H54INO9. The van der Waals surface area contributed by atoms with E-state index in [2.05, 4.69) is 52.2 Å². The quantitative estimate of drug-likeness (QED) is 0.0580. The number of hydrogen-bond acceptors (Lipinski definition) is 9. The standard InChI is InChI=1S/C36H54INO9/c37-14-7-1-2-8-16-40-18-20-42-22-24-44-26-28-46-29-27-45-25-23-43-21-19-41-17-9-15-38-36(39)47-30-35-33-12-5-3-10-31(33)32-11-4-6-13-34(32)35/h3-6,10-13,35H,1-2,7-9,14-30H2,(H,38,39). The summed E-state index contributed by atoms with van der Waals surface area (Å²) in [6.07, 6.45) is 5.26. The summed E-state index contributed by atoms with van der Waals surface area (Å²) in [6.45, 7) is 8.59. The van der Waals surface area contributed by atoms with Crippen molar-refractivity contribution in [2.45, 2.75) is 38.0 Å². The van der Waals surface area contributed by atoms with Gasteiger partial charge < -0.3 is 43.2 Å². The van der Waals surface area contributed by atoms with Gasteiger partial charge in [0.1, 0.15) is 6.61 Å². The molecule has 11 heteroatoms. The first-order valence-corrected chi connectivity index (χ1v) is 18.5. The highest BCUT2D eigenvalue weighted by Gasteiger charge is 2.28. The molecule has 0 unspecified atom stereocenters. The SMILES string of the molecule is O=C(NCCCOCCOCCOCCOCCOCCOCCOCCCCCCI)OCC1c2ccccc2-c2ccccc21. The molecule has 264 valence electrons. The summed E-state index contributed by atoms with van der Waals surface area (Å²) in [4.78, 5) is 12.2. The topological polar surface area (TPSA) is 103 Å². The highest BCUT2D eigenvalue weighted by atomic mass is 127. The Kier molecular flexibility index (Phi) is 22.8. The average Bonchev–Trinajstić information content (AvgIpc) is 3.42. The third-order valence-corrected chi connectivity index (χ3v) is 8.25. The summed E-state index contributed by atoms with van der Waals surface area (Å²) in [7, 11) is 0. The molecule has 10 nitrogen and oxygen atoms in total. The van der Waals surface area contributed by atoms with Gasteiger partial charge in [0.25, 0.3) is 0 Å². The van der Waals surface area contributed by atoms with Crippen LogP contribution in [-0.4, -0.2) is 116 Å². The molecule has 2 aromatic rings. The van der Waals surface area contributed by atoms with Gasteiger partial charge in [-0.3, -0.25) is 0 Å². The van der Waals surface area contributed by atoms with Crippen molar-refractivity contribution in [3.05, 3.63) is 59.7 Å². The minimum absolute atomic E-state index is 0.0576. The number of ether oxygens (including phenoxy) is 8. The molecule has 1 aliphatic carbocycles. The Morgan fingerprint density at radius 1 is 0.532 bits per heavy atom. The number of amides is 1. The zero-order valence-electron chi connectivity index (χ0n) is 27.8. The molecule has 0 saturated heterocycles. The number of hydrogen-bond donors (Lipinski definition) is 1. The predicted molar refractivity (Wildman–Crippen MR) is 191 cm³/mol. The molecule has 0 aromatic heterocycles. The van der Waals surface area contributed by atoms with Crippen molar-refractivity contribution in [2.24, 2.45) is 0 Å². The van der Waals surface area contributed by atoms with Crippen LogP contribution in [0, 0.1) is 0 Å². The molecule has 0 saturated carbocycles. The van der Waals surface area contributed by atoms with Crippen LogP contribution in [0.4, 0.5) is 4.79 Å². The van der Waals surface area contributed by atoms with Crippen molar-refractivity contribution in [1.82, 2.24) is 5.32 Å². The van der Waals surface area contributed by atoms with Crippen LogP contribution in [0.25, 0.3) is 11.1 Å². The summed E-state index contributed by atoms with van der Waals surface area (Å²) in [5.74, 6) is 0.0576. The molecule has 0 atom stereocenters. The molecule has 0 fully saturated rings. The Labute approximate surface area is 294 Å². The highest BCUT2D eigenvalue weighted by molar-refractivity contribution is 14.1. The zero-order valence-corrected chi connectivity index (χ0v) is 30.0. The molecule has 1 N–H and O–H groups in total. The minimum atomic E-state index is -0.407. The fourth-order valence-electron chi connectivity index (χ4n) is 5.09. The number of alkyl carbamates (subject to hydrolysis) is 1. The number of benzene rings is 2. The molecule has 0 radical (unpaired) electrons. The number of carbonyl (C=O) groups excluding carboxylic acids is 1. The van der Waals surface area contributed by atoms with Gasteiger partial charge >= 0.3 is 6.09 Å². The average molecular weight is 772 g/mol. The lowest BCUT2D eigenvalue weighted by Crippen LogP contribution is -2.27. The maximum absolute atomic E-state index is 12.2. The van der Waals surface area contributed by atoms with Crippen LogP contribution in [0.1, 0.15) is 49.1 Å². The lowest BCUT2D eigenvalue weighted by molar-refractivity contribution is -0.0206. The van der Waals surface area contributed by atoms with E-state index in [1.165, 1.54) is 45.9 Å². The van der Waals surface area contributed by atoms with Gasteiger partial charge in [-0.25, -0.2) is 4.79 Å². The van der Waals surface area contributed by atoms with Crippen LogP contribution < -0.4 is 5.32 Å². The second-order valence-electron chi connectivity index (χ2n) is 11.0. The normalized spacial score (nSPS) is 12.3. The van der Waals surface area contributed by atoms with E-state index in [4.69, 9.17) is 37.9 Å². The molecule has 47 heavy (non-hydrogen) atoms.